The zero-order valence-electron chi connectivity index (χ0n) is 14.9. The average molecular weight is 383 g/mol. The van der Waals surface area contributed by atoms with Crippen LogP contribution in [-0.2, 0) is 11.2 Å². The third-order valence-electron chi connectivity index (χ3n) is 4.57. The molecule has 0 saturated heterocycles. The highest BCUT2D eigenvalue weighted by Gasteiger charge is 2.34. The SMILES string of the molecule is C[C@@H]1Cc2ccccc2N1C(=O)[C@@H](C)Sc1nnnn1-c1cccc(F)c1. The number of aromatic nitrogens is 4. The van der Waals surface area contributed by atoms with Gasteiger partial charge in [0.1, 0.15) is 5.82 Å². The van der Waals surface area contributed by atoms with Crippen LogP contribution in [-0.4, -0.2) is 37.4 Å². The fraction of sp³-hybridized carbons (Fsp3) is 0.263. The van der Waals surface area contributed by atoms with Gasteiger partial charge in [0.05, 0.1) is 10.9 Å². The Balaban J connectivity index is 1.56. The molecule has 1 aliphatic rings. The van der Waals surface area contributed by atoms with Gasteiger partial charge in [0.25, 0.3) is 0 Å². The van der Waals surface area contributed by atoms with Crippen LogP contribution in [0.5, 0.6) is 0 Å². The molecule has 0 fully saturated rings. The minimum absolute atomic E-state index is 0.00578. The molecule has 1 aliphatic heterocycles. The molecule has 0 bridgehead atoms. The molecular weight excluding hydrogens is 365 g/mol. The minimum atomic E-state index is -0.392. The second-order valence-electron chi connectivity index (χ2n) is 6.50. The molecule has 8 heteroatoms. The van der Waals surface area contributed by atoms with Crippen LogP contribution >= 0.6 is 11.8 Å². The van der Waals surface area contributed by atoms with Crippen LogP contribution in [0.15, 0.2) is 53.7 Å². The van der Waals surface area contributed by atoms with E-state index in [2.05, 4.69) is 21.6 Å². The van der Waals surface area contributed by atoms with Crippen molar-refractivity contribution in [3.8, 4) is 5.69 Å². The van der Waals surface area contributed by atoms with Crippen molar-refractivity contribution in [3.05, 3.63) is 59.9 Å². The Morgan fingerprint density at radius 1 is 1.26 bits per heavy atom. The van der Waals surface area contributed by atoms with Gasteiger partial charge in [-0.1, -0.05) is 36.0 Å². The zero-order valence-corrected chi connectivity index (χ0v) is 15.7. The Labute approximate surface area is 160 Å². The van der Waals surface area contributed by atoms with Crippen LogP contribution in [0.4, 0.5) is 10.1 Å². The van der Waals surface area contributed by atoms with Gasteiger partial charge < -0.3 is 4.90 Å². The molecular formula is C19H18FN5OS. The molecule has 0 unspecified atom stereocenters. The fourth-order valence-electron chi connectivity index (χ4n) is 3.33. The number of benzene rings is 2. The van der Waals surface area contributed by atoms with Crippen molar-refractivity contribution < 1.29 is 9.18 Å². The number of carbonyl (C=O) groups excluding carboxylic acids is 1. The van der Waals surface area contributed by atoms with Gasteiger partial charge in [-0.25, -0.2) is 4.39 Å². The number of amides is 1. The molecule has 3 aromatic rings. The lowest BCUT2D eigenvalue weighted by Crippen LogP contribution is -2.40. The maximum atomic E-state index is 13.5. The van der Waals surface area contributed by atoms with Gasteiger partial charge in [0, 0.05) is 11.7 Å². The standard InChI is InChI=1S/C19H18FN5OS/c1-12-10-14-6-3-4-9-17(14)24(12)18(26)13(2)27-19-21-22-23-25(19)16-8-5-7-15(20)11-16/h3-9,11-13H,10H2,1-2H3/t12-,13-/m1/s1. The monoisotopic (exact) mass is 383 g/mol. The Bertz CT molecular complexity index is 991. The Morgan fingerprint density at radius 2 is 2.07 bits per heavy atom. The molecule has 0 N–H and O–H groups in total. The van der Waals surface area contributed by atoms with E-state index in [4.69, 9.17) is 0 Å². The third kappa shape index (κ3) is 3.32. The van der Waals surface area contributed by atoms with Crippen LogP contribution in [0.1, 0.15) is 19.4 Å². The van der Waals surface area contributed by atoms with Gasteiger partial charge in [-0.2, -0.15) is 4.68 Å². The van der Waals surface area contributed by atoms with Crippen LogP contribution in [0.2, 0.25) is 0 Å². The lowest BCUT2D eigenvalue weighted by molar-refractivity contribution is -0.118. The molecule has 1 amide bonds. The first-order valence-corrected chi connectivity index (χ1v) is 9.54. The van der Waals surface area contributed by atoms with Crippen LogP contribution < -0.4 is 4.90 Å². The zero-order chi connectivity index (χ0) is 19.0. The van der Waals surface area contributed by atoms with Crippen LogP contribution in [0.25, 0.3) is 5.69 Å². The van der Waals surface area contributed by atoms with E-state index >= 15 is 0 Å². The van der Waals surface area contributed by atoms with Crippen LogP contribution in [0.3, 0.4) is 0 Å². The number of anilines is 1. The van der Waals surface area contributed by atoms with Crippen molar-refractivity contribution in [3.63, 3.8) is 0 Å². The Morgan fingerprint density at radius 3 is 2.89 bits per heavy atom. The van der Waals surface area contributed by atoms with Gasteiger partial charge in [-0.05, 0) is 60.5 Å². The fourth-order valence-corrected chi connectivity index (χ4v) is 4.18. The minimum Gasteiger partial charge on any atom is -0.308 e. The number of halogens is 1. The lowest BCUT2D eigenvalue weighted by Gasteiger charge is -2.25. The summed E-state index contributed by atoms with van der Waals surface area (Å²) in [4.78, 5) is 15.0. The second kappa shape index (κ2) is 7.11. The Hall–Kier alpha value is -2.74. The maximum Gasteiger partial charge on any atom is 0.240 e. The van der Waals surface area contributed by atoms with Crippen molar-refractivity contribution in [1.29, 1.82) is 0 Å². The number of carbonyl (C=O) groups is 1. The quantitative estimate of drug-likeness (QED) is 0.647. The van der Waals surface area contributed by atoms with Crippen molar-refractivity contribution in [1.82, 2.24) is 20.2 Å². The van der Waals surface area contributed by atoms with E-state index in [1.165, 1.54) is 34.1 Å². The predicted octanol–water partition coefficient (Wildman–Crippen LogP) is 3.26. The Kier molecular flexibility index (Phi) is 4.65. The number of para-hydroxylation sites is 1. The number of nitrogens with zero attached hydrogens (tertiary/aromatic N) is 5. The molecule has 27 heavy (non-hydrogen) atoms. The molecule has 1 aromatic heterocycles. The normalized spacial score (nSPS) is 17.0. The van der Waals surface area contributed by atoms with Crippen molar-refractivity contribution in [2.24, 2.45) is 0 Å². The second-order valence-corrected chi connectivity index (χ2v) is 7.81. The predicted molar refractivity (Wildman–Crippen MR) is 102 cm³/mol. The number of thioether (sulfide) groups is 1. The molecule has 0 spiro atoms. The molecule has 0 radical (unpaired) electrons. The summed E-state index contributed by atoms with van der Waals surface area (Å²) in [7, 11) is 0. The van der Waals surface area contributed by atoms with Gasteiger partial charge in [-0.3, -0.25) is 4.79 Å². The van der Waals surface area contributed by atoms with E-state index in [0.717, 1.165) is 12.1 Å². The van der Waals surface area contributed by atoms with Crippen molar-refractivity contribution in [2.45, 2.75) is 36.7 Å². The smallest absolute Gasteiger partial charge is 0.240 e. The molecule has 2 atom stereocenters. The van der Waals surface area contributed by atoms with E-state index in [1.807, 2.05) is 36.9 Å². The number of tetrazole rings is 1. The molecule has 0 saturated carbocycles. The highest BCUT2D eigenvalue weighted by Crippen LogP contribution is 2.34. The third-order valence-corrected chi connectivity index (χ3v) is 5.59. The number of hydrogen-bond acceptors (Lipinski definition) is 5. The lowest BCUT2D eigenvalue weighted by atomic mass is 10.1. The number of rotatable bonds is 4. The molecule has 4 rings (SSSR count). The van der Waals surface area contributed by atoms with Gasteiger partial charge in [0.15, 0.2) is 0 Å². The van der Waals surface area contributed by atoms with E-state index in [-0.39, 0.29) is 17.8 Å². The number of hydrogen-bond donors (Lipinski definition) is 0. The highest BCUT2D eigenvalue weighted by atomic mass is 32.2. The summed E-state index contributed by atoms with van der Waals surface area (Å²) in [5, 5.41) is 11.7. The average Bonchev–Trinajstić information content (AvgIpc) is 3.24. The van der Waals surface area contributed by atoms with E-state index < -0.39 is 5.25 Å². The molecule has 2 heterocycles. The summed E-state index contributed by atoms with van der Waals surface area (Å²) >= 11 is 1.26. The highest BCUT2D eigenvalue weighted by molar-refractivity contribution is 8.00. The molecule has 0 aliphatic carbocycles. The molecule has 138 valence electrons. The van der Waals surface area contributed by atoms with Gasteiger partial charge in [0.2, 0.25) is 11.1 Å². The summed E-state index contributed by atoms with van der Waals surface area (Å²) < 4.78 is 15.0. The summed E-state index contributed by atoms with van der Waals surface area (Å²) in [5.74, 6) is -0.364. The van der Waals surface area contributed by atoms with E-state index in [9.17, 15) is 9.18 Å². The molecule has 2 aromatic carbocycles. The number of fused-ring (bicyclic) bond motifs is 1. The van der Waals surface area contributed by atoms with Crippen LogP contribution in [0, 0.1) is 5.82 Å². The summed E-state index contributed by atoms with van der Waals surface area (Å²) in [6.45, 7) is 3.89. The topological polar surface area (TPSA) is 63.9 Å². The first-order valence-electron chi connectivity index (χ1n) is 8.66. The van der Waals surface area contributed by atoms with E-state index in [0.29, 0.717) is 10.8 Å². The summed E-state index contributed by atoms with van der Waals surface area (Å²) in [6.07, 6.45) is 0.848. The maximum absolute atomic E-state index is 13.5. The first-order chi connectivity index (χ1) is 13.0. The van der Waals surface area contributed by atoms with Gasteiger partial charge in [-0.15, -0.1) is 5.10 Å². The summed E-state index contributed by atoms with van der Waals surface area (Å²) in [6, 6.07) is 14.1. The van der Waals surface area contributed by atoms with E-state index in [1.54, 1.807) is 12.1 Å². The largest absolute Gasteiger partial charge is 0.308 e. The van der Waals surface area contributed by atoms with Crippen molar-refractivity contribution >= 4 is 23.4 Å². The summed E-state index contributed by atoms with van der Waals surface area (Å²) in [5.41, 5.74) is 2.66. The first kappa shape index (κ1) is 17.7. The van der Waals surface area contributed by atoms with Gasteiger partial charge >= 0.3 is 0 Å². The van der Waals surface area contributed by atoms with Crippen molar-refractivity contribution in [2.75, 3.05) is 4.90 Å². The molecule has 6 nitrogen and oxygen atoms in total.